The first kappa shape index (κ1) is 18.0. The Balaban J connectivity index is 2.15. The fourth-order valence-corrected chi connectivity index (χ4v) is 2.89. The zero-order valence-corrected chi connectivity index (χ0v) is 15.0. The maximum Gasteiger partial charge on any atom is 0.346 e. The fraction of sp³-hybridized carbons (Fsp3) is 0.333. The number of hydrogen-bond acceptors (Lipinski definition) is 4. The molecule has 1 aromatic heterocycles. The van der Waals surface area contributed by atoms with Gasteiger partial charge in [-0.05, 0) is 50.8 Å². The molecular formula is C18H21NO4S. The Bertz CT molecular complexity index is 759. The molecule has 1 aromatic carbocycles. The van der Waals surface area contributed by atoms with Gasteiger partial charge in [0, 0.05) is 12.1 Å². The van der Waals surface area contributed by atoms with Gasteiger partial charge in [-0.3, -0.25) is 4.79 Å². The van der Waals surface area contributed by atoms with Crippen LogP contribution in [0, 0.1) is 6.92 Å². The number of hydrogen-bond donors (Lipinski definition) is 2. The highest BCUT2D eigenvalue weighted by atomic mass is 32.1. The number of rotatable bonds is 5. The second-order valence-corrected chi connectivity index (χ2v) is 7.39. The molecule has 0 radical (unpaired) electrons. The lowest BCUT2D eigenvalue weighted by Gasteiger charge is -2.23. The summed E-state index contributed by atoms with van der Waals surface area (Å²) in [5.74, 6) is -0.787. The molecule has 6 heteroatoms. The van der Waals surface area contributed by atoms with Crippen LogP contribution in [0.1, 0.15) is 51.9 Å². The van der Waals surface area contributed by atoms with Crippen LogP contribution in [0.25, 0.3) is 0 Å². The number of aryl methyl sites for hydroxylation is 1. The molecule has 1 heterocycles. The molecule has 2 N–H and O–H groups in total. The second kappa shape index (κ2) is 7.05. The Kier molecular flexibility index (Phi) is 5.29. The smallest absolute Gasteiger partial charge is 0.346 e. The summed E-state index contributed by atoms with van der Waals surface area (Å²) in [6.45, 7) is 8.12. The van der Waals surface area contributed by atoms with Gasteiger partial charge in [0.15, 0.2) is 0 Å². The van der Waals surface area contributed by atoms with Crippen LogP contribution in [0.2, 0.25) is 0 Å². The second-order valence-electron chi connectivity index (χ2n) is 6.48. The van der Waals surface area contributed by atoms with Crippen LogP contribution < -0.4 is 10.1 Å². The van der Waals surface area contributed by atoms with E-state index in [-0.39, 0.29) is 22.6 Å². The molecule has 128 valence electrons. The van der Waals surface area contributed by atoms with Crippen molar-refractivity contribution in [2.24, 2.45) is 0 Å². The summed E-state index contributed by atoms with van der Waals surface area (Å²) in [4.78, 5) is 23.4. The summed E-state index contributed by atoms with van der Waals surface area (Å²) in [6, 6.07) is 7.30. The van der Waals surface area contributed by atoms with Gasteiger partial charge in [-0.1, -0.05) is 12.1 Å². The topological polar surface area (TPSA) is 75.6 Å². The van der Waals surface area contributed by atoms with E-state index in [0.717, 1.165) is 22.5 Å². The third-order valence-corrected chi connectivity index (χ3v) is 4.08. The molecule has 0 saturated heterocycles. The van der Waals surface area contributed by atoms with Crippen molar-refractivity contribution in [1.82, 2.24) is 5.32 Å². The fourth-order valence-electron chi connectivity index (χ4n) is 2.16. The number of nitrogens with one attached hydrogen (secondary N) is 1. The minimum Gasteiger partial charge on any atom is -0.488 e. The normalized spacial score (nSPS) is 11.2. The lowest BCUT2D eigenvalue weighted by molar-refractivity contribution is 0.0696. The van der Waals surface area contributed by atoms with Crippen LogP contribution in [-0.4, -0.2) is 22.6 Å². The largest absolute Gasteiger partial charge is 0.488 e. The van der Waals surface area contributed by atoms with Gasteiger partial charge in [-0.2, -0.15) is 0 Å². The molecule has 0 spiro atoms. The minimum atomic E-state index is -1.10. The Labute approximate surface area is 145 Å². The zero-order valence-electron chi connectivity index (χ0n) is 14.2. The lowest BCUT2D eigenvalue weighted by Crippen LogP contribution is -2.26. The van der Waals surface area contributed by atoms with Crippen molar-refractivity contribution in [2.45, 2.75) is 39.8 Å². The maximum atomic E-state index is 12.3. The predicted octanol–water partition coefficient (Wildman–Crippen LogP) is 3.86. The van der Waals surface area contributed by atoms with Gasteiger partial charge < -0.3 is 15.2 Å². The van der Waals surface area contributed by atoms with Crippen LogP contribution in [0.4, 0.5) is 0 Å². The quantitative estimate of drug-likeness (QED) is 0.861. The standard InChI is InChI=1S/C18H21NO4S/c1-11-5-6-12(14(9-11)23-18(2,3)4)10-19-16(20)13-7-8-24-15(13)17(21)22/h5-9H,10H2,1-4H3,(H,19,20)(H,21,22). The average molecular weight is 347 g/mol. The highest BCUT2D eigenvalue weighted by Gasteiger charge is 2.19. The Morgan fingerprint density at radius 1 is 1.25 bits per heavy atom. The molecule has 0 fully saturated rings. The zero-order chi connectivity index (χ0) is 17.9. The molecule has 2 aromatic rings. The monoisotopic (exact) mass is 347 g/mol. The molecule has 0 aliphatic heterocycles. The maximum absolute atomic E-state index is 12.3. The summed E-state index contributed by atoms with van der Waals surface area (Å²) >= 11 is 1.04. The Hall–Kier alpha value is -2.34. The van der Waals surface area contributed by atoms with E-state index >= 15 is 0 Å². The van der Waals surface area contributed by atoms with E-state index in [2.05, 4.69) is 5.32 Å². The van der Waals surface area contributed by atoms with Crippen LogP contribution in [0.15, 0.2) is 29.6 Å². The highest BCUT2D eigenvalue weighted by molar-refractivity contribution is 7.12. The number of amides is 1. The van der Waals surface area contributed by atoms with Crippen LogP contribution in [0.3, 0.4) is 0 Å². The summed E-state index contributed by atoms with van der Waals surface area (Å²) in [5.41, 5.74) is 1.74. The average Bonchev–Trinajstić information content (AvgIpc) is 2.94. The molecule has 24 heavy (non-hydrogen) atoms. The summed E-state index contributed by atoms with van der Waals surface area (Å²) in [6.07, 6.45) is 0. The van der Waals surface area contributed by atoms with Crippen LogP contribution >= 0.6 is 11.3 Å². The van der Waals surface area contributed by atoms with E-state index in [4.69, 9.17) is 9.84 Å². The van der Waals surface area contributed by atoms with E-state index < -0.39 is 11.9 Å². The van der Waals surface area contributed by atoms with Gasteiger partial charge in [0.2, 0.25) is 0 Å². The van der Waals surface area contributed by atoms with Gasteiger partial charge in [0.25, 0.3) is 5.91 Å². The van der Waals surface area contributed by atoms with Gasteiger partial charge in [0.1, 0.15) is 16.2 Å². The third-order valence-electron chi connectivity index (χ3n) is 3.18. The van der Waals surface area contributed by atoms with E-state index in [0.29, 0.717) is 5.75 Å². The molecule has 0 aliphatic carbocycles. The molecule has 5 nitrogen and oxygen atoms in total. The van der Waals surface area contributed by atoms with Crippen molar-refractivity contribution < 1.29 is 19.4 Å². The minimum absolute atomic E-state index is 0.0440. The molecule has 0 saturated carbocycles. The van der Waals surface area contributed by atoms with Crippen LogP contribution in [-0.2, 0) is 6.54 Å². The van der Waals surface area contributed by atoms with Crippen molar-refractivity contribution in [2.75, 3.05) is 0 Å². The van der Waals surface area contributed by atoms with Crippen molar-refractivity contribution in [3.63, 3.8) is 0 Å². The first-order valence-corrected chi connectivity index (χ1v) is 8.43. The predicted molar refractivity (Wildman–Crippen MR) is 94.0 cm³/mol. The number of thiophene rings is 1. The van der Waals surface area contributed by atoms with E-state index in [1.165, 1.54) is 6.07 Å². The molecule has 1 amide bonds. The van der Waals surface area contributed by atoms with Crippen LogP contribution in [0.5, 0.6) is 5.75 Å². The highest BCUT2D eigenvalue weighted by Crippen LogP contribution is 2.25. The number of carbonyl (C=O) groups excluding carboxylic acids is 1. The van der Waals surface area contributed by atoms with Gasteiger partial charge in [-0.25, -0.2) is 4.79 Å². The molecule has 2 rings (SSSR count). The number of ether oxygens (including phenoxy) is 1. The third kappa shape index (κ3) is 4.58. The number of carboxylic acids is 1. The first-order valence-electron chi connectivity index (χ1n) is 7.55. The molecular weight excluding hydrogens is 326 g/mol. The molecule has 0 atom stereocenters. The first-order chi connectivity index (χ1) is 11.2. The summed E-state index contributed by atoms with van der Waals surface area (Å²) < 4.78 is 5.96. The molecule has 0 bridgehead atoms. The summed E-state index contributed by atoms with van der Waals surface area (Å²) in [7, 11) is 0. The molecule has 0 unspecified atom stereocenters. The van der Waals surface area contributed by atoms with Crippen molar-refractivity contribution >= 4 is 23.2 Å². The van der Waals surface area contributed by atoms with Gasteiger partial charge >= 0.3 is 5.97 Å². The van der Waals surface area contributed by atoms with Crippen molar-refractivity contribution in [3.05, 3.63) is 51.2 Å². The van der Waals surface area contributed by atoms with Crippen molar-refractivity contribution in [3.8, 4) is 5.75 Å². The number of carbonyl (C=O) groups is 2. The van der Waals surface area contributed by atoms with E-state index in [1.54, 1.807) is 5.38 Å². The van der Waals surface area contributed by atoms with E-state index in [9.17, 15) is 9.59 Å². The Morgan fingerprint density at radius 3 is 2.58 bits per heavy atom. The number of carboxylic acid groups (broad SMARTS) is 1. The summed E-state index contributed by atoms with van der Waals surface area (Å²) in [5, 5.41) is 13.5. The lowest BCUT2D eigenvalue weighted by atomic mass is 10.1. The van der Waals surface area contributed by atoms with Crippen molar-refractivity contribution in [1.29, 1.82) is 0 Å². The SMILES string of the molecule is Cc1ccc(CNC(=O)c2ccsc2C(=O)O)c(OC(C)(C)C)c1. The number of benzene rings is 1. The molecule has 0 aliphatic rings. The number of aromatic carboxylic acids is 1. The van der Waals surface area contributed by atoms with E-state index in [1.807, 2.05) is 45.9 Å². The van der Waals surface area contributed by atoms with Gasteiger partial charge in [0.05, 0.1) is 5.56 Å². The van der Waals surface area contributed by atoms with Gasteiger partial charge in [-0.15, -0.1) is 11.3 Å². The Morgan fingerprint density at radius 2 is 1.96 bits per heavy atom.